The highest BCUT2D eigenvalue weighted by atomic mass is 19.4. The largest absolute Gasteiger partial charge is 0.416 e. The predicted molar refractivity (Wildman–Crippen MR) is 147 cm³/mol. The Hall–Kier alpha value is -2.82. The minimum atomic E-state index is -4.67. The van der Waals surface area contributed by atoms with Gasteiger partial charge in [-0.2, -0.15) is 13.2 Å². The molecule has 0 spiro atoms. The van der Waals surface area contributed by atoms with Gasteiger partial charge in [-0.3, -0.25) is 9.59 Å². The molecule has 3 fully saturated rings. The molecule has 1 saturated carbocycles. The van der Waals surface area contributed by atoms with Crippen molar-refractivity contribution >= 4 is 23.5 Å². The number of hydrogen-bond acceptors (Lipinski definition) is 4. The number of likely N-dealkylation sites (tertiary alicyclic amines) is 2. The van der Waals surface area contributed by atoms with Crippen LogP contribution in [-0.2, 0) is 11.0 Å². The first-order valence-electron chi connectivity index (χ1n) is 14.4. The van der Waals surface area contributed by atoms with E-state index in [0.717, 1.165) is 44.5 Å². The second-order valence-corrected chi connectivity index (χ2v) is 12.1. The summed E-state index contributed by atoms with van der Waals surface area (Å²) in [6.45, 7) is 12.7. The zero-order chi connectivity index (χ0) is 29.4. The molecule has 0 bridgehead atoms. The van der Waals surface area contributed by atoms with Gasteiger partial charge in [-0.25, -0.2) is 4.79 Å². The lowest BCUT2D eigenvalue weighted by Gasteiger charge is -2.33. The summed E-state index contributed by atoms with van der Waals surface area (Å²) in [5.74, 6) is 0.479. The molecule has 2 heterocycles. The van der Waals surface area contributed by atoms with Crippen LogP contribution in [0.25, 0.3) is 0 Å². The fraction of sp³-hybridized carbons (Fsp3) is 0.690. The summed E-state index contributed by atoms with van der Waals surface area (Å²) in [7, 11) is 0. The van der Waals surface area contributed by atoms with E-state index in [9.17, 15) is 27.6 Å². The van der Waals surface area contributed by atoms with E-state index in [1.807, 2.05) is 4.90 Å². The Morgan fingerprint density at radius 3 is 2.48 bits per heavy atom. The highest BCUT2D eigenvalue weighted by Crippen LogP contribution is 2.47. The van der Waals surface area contributed by atoms with E-state index in [1.165, 1.54) is 0 Å². The average Bonchev–Trinajstić information content (AvgIpc) is 3.52. The second kappa shape index (κ2) is 12.0. The number of carbonyl (C=O) groups excluding carboxylic acids is 3. The molecule has 3 N–H and O–H groups in total. The van der Waals surface area contributed by atoms with Crippen molar-refractivity contribution in [2.24, 2.45) is 17.8 Å². The molecule has 11 heteroatoms. The van der Waals surface area contributed by atoms with Crippen LogP contribution in [0.3, 0.4) is 0 Å². The van der Waals surface area contributed by atoms with Crippen LogP contribution in [0.15, 0.2) is 18.2 Å². The maximum atomic E-state index is 13.6. The van der Waals surface area contributed by atoms with Crippen LogP contribution < -0.4 is 16.0 Å². The number of rotatable bonds is 8. The summed E-state index contributed by atoms with van der Waals surface area (Å²) in [5.41, 5.74) is -1.41. The van der Waals surface area contributed by atoms with Gasteiger partial charge in [0.15, 0.2) is 0 Å². The molecule has 40 heavy (non-hydrogen) atoms. The van der Waals surface area contributed by atoms with E-state index in [0.29, 0.717) is 42.8 Å². The molecular weight excluding hydrogens is 523 g/mol. The first-order valence-corrected chi connectivity index (χ1v) is 14.4. The molecular formula is C29H42F3N5O3. The van der Waals surface area contributed by atoms with Crippen molar-refractivity contribution in [2.75, 3.05) is 25.0 Å². The molecule has 1 aliphatic carbocycles. The Morgan fingerprint density at radius 2 is 1.85 bits per heavy atom. The van der Waals surface area contributed by atoms with Gasteiger partial charge in [0.2, 0.25) is 5.91 Å². The predicted octanol–water partition coefficient (Wildman–Crippen LogP) is 4.71. The van der Waals surface area contributed by atoms with Crippen LogP contribution in [0.1, 0.15) is 76.2 Å². The molecule has 1 aromatic carbocycles. The fourth-order valence-electron chi connectivity index (χ4n) is 6.79. The number of nitrogens with one attached hydrogen (secondary N) is 3. The van der Waals surface area contributed by atoms with Gasteiger partial charge in [-0.15, -0.1) is 0 Å². The van der Waals surface area contributed by atoms with Crippen LogP contribution >= 0.6 is 0 Å². The monoisotopic (exact) mass is 565 g/mol. The van der Waals surface area contributed by atoms with E-state index in [1.54, 1.807) is 13.8 Å². The van der Waals surface area contributed by atoms with Crippen molar-refractivity contribution < 1.29 is 27.6 Å². The highest BCUT2D eigenvalue weighted by molar-refractivity contribution is 6.05. The first-order chi connectivity index (χ1) is 18.8. The molecule has 1 aromatic rings. The van der Waals surface area contributed by atoms with E-state index < -0.39 is 29.7 Å². The SMILES string of the molecule is CCC[C@@H]1[C@@H]2CN(C(C)C)C[C@@H]2C[C@@H]1N1CCC(NC(=O)c2cc(C(F)(F)F)ccc2NC(=O)NC(C)C)C1=O. The lowest BCUT2D eigenvalue weighted by atomic mass is 9.87. The number of carbonyl (C=O) groups is 3. The third kappa shape index (κ3) is 6.39. The van der Waals surface area contributed by atoms with Crippen molar-refractivity contribution in [1.29, 1.82) is 0 Å². The van der Waals surface area contributed by atoms with Crippen molar-refractivity contribution in [3.63, 3.8) is 0 Å². The lowest BCUT2D eigenvalue weighted by molar-refractivity contribution is -0.137. The topological polar surface area (TPSA) is 93.8 Å². The van der Waals surface area contributed by atoms with E-state index in [-0.39, 0.29) is 29.2 Å². The number of hydrogen-bond donors (Lipinski definition) is 3. The van der Waals surface area contributed by atoms with Crippen molar-refractivity contribution in [3.05, 3.63) is 29.3 Å². The molecule has 222 valence electrons. The molecule has 3 aliphatic rings. The van der Waals surface area contributed by atoms with Gasteiger partial charge in [0, 0.05) is 37.8 Å². The van der Waals surface area contributed by atoms with Crippen molar-refractivity contribution in [3.8, 4) is 0 Å². The summed E-state index contributed by atoms with van der Waals surface area (Å²) >= 11 is 0. The van der Waals surface area contributed by atoms with Gasteiger partial charge in [-0.1, -0.05) is 13.3 Å². The Balaban J connectivity index is 1.49. The van der Waals surface area contributed by atoms with Gasteiger partial charge in [0.25, 0.3) is 5.91 Å². The maximum Gasteiger partial charge on any atom is 0.416 e. The molecule has 1 unspecified atom stereocenters. The van der Waals surface area contributed by atoms with Crippen molar-refractivity contribution in [1.82, 2.24) is 20.4 Å². The highest BCUT2D eigenvalue weighted by Gasteiger charge is 2.52. The standard InChI is InChI=1S/C29H42F3N5O3/c1-6-7-20-22-15-36(17(4)5)14-18(22)12-25(20)37-11-10-24(27(37)39)34-26(38)21-13-19(29(30,31)32)8-9-23(21)35-28(40)33-16(2)3/h8-9,13,16-18,20,22,24-25H,6-7,10-12,14-15H2,1-5H3,(H,34,38)(H2,33,35,40)/t18-,20+,22+,24?,25-/m0/s1. The number of urea groups is 1. The van der Waals surface area contributed by atoms with E-state index in [4.69, 9.17) is 0 Å². The van der Waals surface area contributed by atoms with Crippen LogP contribution in [0.5, 0.6) is 0 Å². The van der Waals surface area contributed by atoms with Crippen LogP contribution in [0.4, 0.5) is 23.7 Å². The number of fused-ring (bicyclic) bond motifs is 1. The van der Waals surface area contributed by atoms with Gasteiger partial charge < -0.3 is 25.8 Å². The maximum absolute atomic E-state index is 13.6. The third-order valence-electron chi connectivity index (χ3n) is 8.67. The summed E-state index contributed by atoms with van der Waals surface area (Å²) in [6, 6.07) is 1.52. The van der Waals surface area contributed by atoms with E-state index in [2.05, 4.69) is 41.6 Å². The minimum absolute atomic E-state index is 0.0627. The van der Waals surface area contributed by atoms with E-state index >= 15 is 0 Å². The zero-order valence-corrected chi connectivity index (χ0v) is 24.0. The second-order valence-electron chi connectivity index (χ2n) is 12.1. The Labute approximate surface area is 234 Å². The normalized spacial score (nSPS) is 27.0. The number of halogens is 3. The smallest absolute Gasteiger partial charge is 0.340 e. The first kappa shape index (κ1) is 30.1. The molecule has 4 amide bonds. The number of benzene rings is 1. The lowest BCUT2D eigenvalue weighted by Crippen LogP contribution is -2.47. The number of alkyl halides is 3. The average molecular weight is 566 g/mol. The summed E-state index contributed by atoms with van der Waals surface area (Å²) < 4.78 is 40.4. The Bertz CT molecular complexity index is 1110. The summed E-state index contributed by atoms with van der Waals surface area (Å²) in [5, 5.41) is 7.73. The van der Waals surface area contributed by atoms with Crippen LogP contribution in [0.2, 0.25) is 0 Å². The molecule has 8 nitrogen and oxygen atoms in total. The van der Waals surface area contributed by atoms with Crippen LogP contribution in [-0.4, -0.2) is 71.4 Å². The zero-order valence-electron chi connectivity index (χ0n) is 24.0. The third-order valence-corrected chi connectivity index (χ3v) is 8.67. The molecule has 4 rings (SSSR count). The minimum Gasteiger partial charge on any atom is -0.340 e. The molecule has 2 aliphatic heterocycles. The fourth-order valence-corrected chi connectivity index (χ4v) is 6.79. The molecule has 0 aromatic heterocycles. The summed E-state index contributed by atoms with van der Waals surface area (Å²) in [6.07, 6.45) is -1.27. The number of amides is 4. The van der Waals surface area contributed by atoms with Gasteiger partial charge in [0.1, 0.15) is 6.04 Å². The van der Waals surface area contributed by atoms with Gasteiger partial charge in [-0.05, 0) is 82.9 Å². The van der Waals surface area contributed by atoms with Crippen LogP contribution in [0, 0.1) is 17.8 Å². The summed E-state index contributed by atoms with van der Waals surface area (Å²) in [4.78, 5) is 43.5. The molecule has 0 radical (unpaired) electrons. The Morgan fingerprint density at radius 1 is 1.12 bits per heavy atom. The Kier molecular flexibility index (Phi) is 9.02. The van der Waals surface area contributed by atoms with Crippen molar-refractivity contribution in [2.45, 2.75) is 90.6 Å². The number of anilines is 1. The van der Waals surface area contributed by atoms with Gasteiger partial charge >= 0.3 is 12.2 Å². The molecule has 5 atom stereocenters. The number of nitrogens with zero attached hydrogens (tertiary/aromatic N) is 2. The van der Waals surface area contributed by atoms with Gasteiger partial charge in [0.05, 0.1) is 16.8 Å². The quantitative estimate of drug-likeness (QED) is 0.426. The molecule has 2 saturated heterocycles.